The lowest BCUT2D eigenvalue weighted by Crippen LogP contribution is -2.27. The fourth-order valence-electron chi connectivity index (χ4n) is 3.10. The zero-order valence-corrected chi connectivity index (χ0v) is 12.9. The summed E-state index contributed by atoms with van der Waals surface area (Å²) >= 11 is 1.72. The molecule has 0 aliphatic carbocycles. The lowest BCUT2D eigenvalue weighted by Gasteiger charge is -2.30. The average Bonchev–Trinajstić information content (AvgIpc) is 3.32. The molecule has 2 aromatic heterocycles. The highest BCUT2D eigenvalue weighted by Crippen LogP contribution is 2.41. The number of hydrogen-bond acceptors (Lipinski definition) is 7. The summed E-state index contributed by atoms with van der Waals surface area (Å²) in [5, 5.41) is 17.5. The van der Waals surface area contributed by atoms with Crippen LogP contribution in [0.5, 0.6) is 11.5 Å². The van der Waals surface area contributed by atoms with Gasteiger partial charge in [0.15, 0.2) is 11.5 Å². The number of hydrogen-bond donors (Lipinski definition) is 1. The topological polar surface area (TPSA) is 74.1 Å². The van der Waals surface area contributed by atoms with Crippen molar-refractivity contribution in [2.24, 2.45) is 0 Å². The van der Waals surface area contributed by atoms with Gasteiger partial charge in [-0.05, 0) is 46.0 Å². The maximum Gasteiger partial charge on any atom is 0.244 e. The summed E-state index contributed by atoms with van der Waals surface area (Å²) in [6, 6.07) is 10.5. The third-order valence-corrected chi connectivity index (χ3v) is 5.19. The van der Waals surface area contributed by atoms with Crippen molar-refractivity contribution in [2.45, 2.75) is 18.5 Å². The van der Waals surface area contributed by atoms with Crippen LogP contribution in [0, 0.1) is 0 Å². The minimum absolute atomic E-state index is 0.120. The lowest BCUT2D eigenvalue weighted by molar-refractivity contribution is 0.174. The highest BCUT2D eigenvalue weighted by atomic mass is 32.1. The minimum Gasteiger partial charge on any atom is -0.454 e. The molecule has 2 aliphatic rings. The van der Waals surface area contributed by atoms with E-state index in [2.05, 4.69) is 44.4 Å². The Hall–Kier alpha value is -2.61. The molecular weight excluding hydrogens is 314 g/mol. The Morgan fingerprint density at radius 3 is 3.09 bits per heavy atom. The van der Waals surface area contributed by atoms with Gasteiger partial charge in [-0.3, -0.25) is 0 Å². The van der Waals surface area contributed by atoms with Crippen LogP contribution in [-0.2, 0) is 0 Å². The summed E-state index contributed by atoms with van der Waals surface area (Å²) in [4.78, 5) is 1.26. The second kappa shape index (κ2) is 4.95. The van der Waals surface area contributed by atoms with E-state index < -0.39 is 0 Å². The molecule has 4 heterocycles. The Labute approximate surface area is 135 Å². The Bertz CT molecular complexity index is 847. The summed E-state index contributed by atoms with van der Waals surface area (Å²) in [6.07, 6.45) is 0.873. The molecule has 116 valence electrons. The fraction of sp³-hybridized carbons (Fsp3) is 0.267. The third kappa shape index (κ3) is 2.06. The van der Waals surface area contributed by atoms with Crippen molar-refractivity contribution in [2.75, 3.05) is 12.1 Å². The Morgan fingerprint density at radius 1 is 1.22 bits per heavy atom. The molecule has 0 radical (unpaired) electrons. The number of ether oxygens (including phenoxy) is 2. The number of fused-ring (bicyclic) bond motifs is 2. The van der Waals surface area contributed by atoms with Gasteiger partial charge in [0.05, 0.1) is 12.1 Å². The molecule has 1 aromatic carbocycles. The molecule has 1 N–H and O–H groups in total. The van der Waals surface area contributed by atoms with E-state index >= 15 is 0 Å². The van der Waals surface area contributed by atoms with Gasteiger partial charge in [0.25, 0.3) is 0 Å². The van der Waals surface area contributed by atoms with Crippen LogP contribution in [0.4, 0.5) is 5.95 Å². The zero-order chi connectivity index (χ0) is 15.2. The molecule has 5 rings (SSSR count). The van der Waals surface area contributed by atoms with Crippen molar-refractivity contribution in [1.82, 2.24) is 20.2 Å². The Kier molecular flexibility index (Phi) is 2.77. The molecule has 0 amide bonds. The van der Waals surface area contributed by atoms with Gasteiger partial charge in [0, 0.05) is 4.88 Å². The SMILES string of the molecule is c1csc(C2CC(c3ccc4c(c3)OCO4)Nc3nnnn32)c1. The largest absolute Gasteiger partial charge is 0.454 e. The van der Waals surface area contributed by atoms with Crippen molar-refractivity contribution >= 4 is 17.3 Å². The van der Waals surface area contributed by atoms with Crippen molar-refractivity contribution < 1.29 is 9.47 Å². The first-order chi connectivity index (χ1) is 11.4. The molecule has 0 spiro atoms. The quantitative estimate of drug-likeness (QED) is 0.780. The van der Waals surface area contributed by atoms with Crippen molar-refractivity contribution in [1.29, 1.82) is 0 Å². The van der Waals surface area contributed by atoms with Gasteiger partial charge in [-0.25, -0.2) is 4.68 Å². The number of aromatic nitrogens is 4. The lowest BCUT2D eigenvalue weighted by atomic mass is 9.96. The molecule has 23 heavy (non-hydrogen) atoms. The fourth-order valence-corrected chi connectivity index (χ4v) is 3.93. The van der Waals surface area contributed by atoms with Gasteiger partial charge in [0.2, 0.25) is 12.7 Å². The van der Waals surface area contributed by atoms with Crippen molar-refractivity contribution in [3.05, 3.63) is 46.2 Å². The Morgan fingerprint density at radius 2 is 2.17 bits per heavy atom. The molecule has 0 saturated carbocycles. The van der Waals surface area contributed by atoms with Crippen LogP contribution in [0.15, 0.2) is 35.7 Å². The number of rotatable bonds is 2. The number of benzene rings is 1. The first-order valence-electron chi connectivity index (χ1n) is 7.36. The minimum atomic E-state index is 0.120. The van der Waals surface area contributed by atoms with Crippen LogP contribution in [0.3, 0.4) is 0 Å². The van der Waals surface area contributed by atoms with Gasteiger partial charge < -0.3 is 14.8 Å². The van der Waals surface area contributed by atoms with E-state index in [1.54, 1.807) is 11.3 Å². The van der Waals surface area contributed by atoms with Gasteiger partial charge in [-0.15, -0.1) is 11.3 Å². The van der Waals surface area contributed by atoms with E-state index in [0.717, 1.165) is 23.5 Å². The number of nitrogens with zero attached hydrogens (tertiary/aromatic N) is 4. The van der Waals surface area contributed by atoms with E-state index in [-0.39, 0.29) is 18.9 Å². The molecule has 7 nitrogen and oxygen atoms in total. The van der Waals surface area contributed by atoms with Crippen molar-refractivity contribution in [3.8, 4) is 11.5 Å². The normalized spacial score (nSPS) is 21.7. The van der Waals surface area contributed by atoms with Crippen LogP contribution in [0.1, 0.15) is 28.9 Å². The highest BCUT2D eigenvalue weighted by molar-refractivity contribution is 7.10. The molecule has 2 aliphatic heterocycles. The van der Waals surface area contributed by atoms with E-state index in [4.69, 9.17) is 9.47 Å². The molecule has 3 aromatic rings. The second-order valence-corrected chi connectivity index (χ2v) is 6.50. The number of thiophene rings is 1. The number of tetrazole rings is 1. The molecule has 2 atom stereocenters. The molecular formula is C15H13N5O2S. The molecule has 0 bridgehead atoms. The van der Waals surface area contributed by atoms with Crippen LogP contribution in [-0.4, -0.2) is 27.0 Å². The highest BCUT2D eigenvalue weighted by Gasteiger charge is 2.31. The van der Waals surface area contributed by atoms with E-state index in [0.29, 0.717) is 5.95 Å². The van der Waals surface area contributed by atoms with Crippen LogP contribution in [0.2, 0.25) is 0 Å². The third-order valence-electron chi connectivity index (χ3n) is 4.22. The van der Waals surface area contributed by atoms with E-state index in [1.165, 1.54) is 4.88 Å². The first kappa shape index (κ1) is 12.9. The monoisotopic (exact) mass is 327 g/mol. The van der Waals surface area contributed by atoms with Gasteiger partial charge in [0.1, 0.15) is 0 Å². The summed E-state index contributed by atoms with van der Waals surface area (Å²) in [7, 11) is 0. The smallest absolute Gasteiger partial charge is 0.244 e. The van der Waals surface area contributed by atoms with E-state index in [1.807, 2.05) is 16.8 Å². The van der Waals surface area contributed by atoms with Crippen LogP contribution >= 0.6 is 11.3 Å². The molecule has 8 heteroatoms. The zero-order valence-electron chi connectivity index (χ0n) is 12.0. The standard InChI is InChI=1S/C15H13N5O2S/c1-2-14(23-5-1)11-7-10(16-15-17-18-19-20(11)15)9-3-4-12-13(6-9)22-8-21-12/h1-6,10-11H,7-8H2,(H,16,17,19). The molecule has 2 unspecified atom stereocenters. The van der Waals surface area contributed by atoms with Gasteiger partial charge in [-0.1, -0.05) is 17.2 Å². The van der Waals surface area contributed by atoms with Crippen LogP contribution < -0.4 is 14.8 Å². The maximum absolute atomic E-state index is 5.49. The molecule has 0 saturated heterocycles. The predicted octanol–water partition coefficient (Wildman–Crippen LogP) is 2.61. The summed E-state index contributed by atoms with van der Waals surface area (Å²) in [5.41, 5.74) is 1.14. The van der Waals surface area contributed by atoms with Gasteiger partial charge >= 0.3 is 0 Å². The second-order valence-electron chi connectivity index (χ2n) is 5.52. The van der Waals surface area contributed by atoms with Crippen LogP contribution in [0.25, 0.3) is 0 Å². The van der Waals surface area contributed by atoms with Crippen molar-refractivity contribution in [3.63, 3.8) is 0 Å². The summed E-state index contributed by atoms with van der Waals surface area (Å²) in [5.74, 6) is 2.28. The predicted molar refractivity (Wildman–Crippen MR) is 83.8 cm³/mol. The first-order valence-corrected chi connectivity index (χ1v) is 8.24. The number of nitrogens with one attached hydrogen (secondary N) is 1. The molecule has 0 fully saturated rings. The van der Waals surface area contributed by atoms with E-state index in [9.17, 15) is 0 Å². The number of anilines is 1. The summed E-state index contributed by atoms with van der Waals surface area (Å²) in [6.45, 7) is 0.285. The van der Waals surface area contributed by atoms with Gasteiger partial charge in [-0.2, -0.15) is 0 Å². The Balaban J connectivity index is 1.53. The summed E-state index contributed by atoms with van der Waals surface area (Å²) < 4.78 is 12.7. The maximum atomic E-state index is 5.49. The average molecular weight is 327 g/mol.